The van der Waals surface area contributed by atoms with Gasteiger partial charge < -0.3 is 15.3 Å². The average molecular weight is 372 g/mol. The number of hydrogen-bond acceptors (Lipinski definition) is 5. The van der Waals surface area contributed by atoms with Crippen LogP contribution in [-0.2, 0) is 13.1 Å². The third kappa shape index (κ3) is 3.06. The van der Waals surface area contributed by atoms with Gasteiger partial charge in [0.25, 0.3) is 0 Å². The number of nitrogens with zero attached hydrogens (tertiary/aromatic N) is 4. The summed E-state index contributed by atoms with van der Waals surface area (Å²) in [5, 5.41) is 9.17. The molecule has 0 aliphatic rings. The fourth-order valence-corrected chi connectivity index (χ4v) is 4.98. The Bertz CT molecular complexity index is 1050. The van der Waals surface area contributed by atoms with E-state index in [-0.39, 0.29) is 6.15 Å². The Morgan fingerprint density at radius 1 is 0.720 bits per heavy atom. The topological polar surface area (TPSA) is 69.6 Å². The second-order valence-corrected chi connectivity index (χ2v) is 7.41. The number of fused-ring (bicyclic) bond motifs is 2. The maximum Gasteiger partial charge on any atom is 0.211 e. The van der Waals surface area contributed by atoms with Gasteiger partial charge in [-0.2, -0.15) is 0 Å². The van der Waals surface area contributed by atoms with Crippen molar-refractivity contribution in [3.63, 3.8) is 0 Å². The quantitative estimate of drug-likeness (QED) is 0.535. The molecule has 3 N–H and O–H groups in total. The summed E-state index contributed by atoms with van der Waals surface area (Å²) in [5.74, 6) is 0. The molecule has 0 saturated carbocycles. The minimum atomic E-state index is 0. The molecule has 0 unspecified atom stereocenters. The van der Waals surface area contributed by atoms with Crippen LogP contribution >= 0.6 is 22.7 Å². The third-order valence-corrected chi connectivity index (χ3v) is 6.13. The highest BCUT2D eigenvalue weighted by Crippen LogP contribution is 2.17. The smallest absolute Gasteiger partial charge is 0.211 e. The molecule has 0 spiro atoms. The molecule has 2 aromatic carbocycles. The van der Waals surface area contributed by atoms with E-state index in [1.165, 1.54) is 20.4 Å². The van der Waals surface area contributed by atoms with Gasteiger partial charge in [-0.15, -0.1) is 10.2 Å². The van der Waals surface area contributed by atoms with Gasteiger partial charge in [-0.3, -0.25) is 0 Å². The SMILES string of the molecule is CCn1c(=NN=c2sc3ccccc3n2CC)sc2ccccc21.N. The van der Waals surface area contributed by atoms with Crippen LogP contribution in [0.25, 0.3) is 20.4 Å². The lowest BCUT2D eigenvalue weighted by molar-refractivity contribution is 0.733. The molecule has 0 aliphatic heterocycles. The predicted octanol–water partition coefficient (Wildman–Crippen LogP) is 4.34. The Kier molecular flexibility index (Phi) is 5.17. The van der Waals surface area contributed by atoms with Gasteiger partial charge in [-0.05, 0) is 38.1 Å². The van der Waals surface area contributed by atoms with Crippen molar-refractivity contribution < 1.29 is 0 Å². The molecule has 0 fully saturated rings. The van der Waals surface area contributed by atoms with Crippen LogP contribution in [0.15, 0.2) is 58.7 Å². The highest BCUT2D eigenvalue weighted by Gasteiger charge is 2.05. The summed E-state index contributed by atoms with van der Waals surface area (Å²) in [6.07, 6.45) is 0. The van der Waals surface area contributed by atoms with Crippen LogP contribution in [0.2, 0.25) is 0 Å². The van der Waals surface area contributed by atoms with E-state index >= 15 is 0 Å². The molecule has 0 aliphatic carbocycles. The fourth-order valence-electron chi connectivity index (χ4n) is 2.89. The summed E-state index contributed by atoms with van der Waals surface area (Å²) >= 11 is 3.37. The fraction of sp³-hybridized carbons (Fsp3) is 0.222. The highest BCUT2D eigenvalue weighted by atomic mass is 32.1. The van der Waals surface area contributed by atoms with E-state index in [0.29, 0.717) is 0 Å². The predicted molar refractivity (Wildman–Crippen MR) is 107 cm³/mol. The lowest BCUT2D eigenvalue weighted by atomic mass is 10.3. The number of aryl methyl sites for hydroxylation is 2. The molecule has 0 atom stereocenters. The summed E-state index contributed by atoms with van der Waals surface area (Å²) in [5.41, 5.74) is 2.44. The van der Waals surface area contributed by atoms with Crippen molar-refractivity contribution in [1.29, 1.82) is 0 Å². The van der Waals surface area contributed by atoms with Crippen LogP contribution in [-0.4, -0.2) is 9.13 Å². The van der Waals surface area contributed by atoms with Gasteiger partial charge in [0.2, 0.25) is 9.60 Å². The first-order valence-corrected chi connectivity index (χ1v) is 9.69. The Labute approximate surface area is 153 Å². The molecule has 5 nitrogen and oxygen atoms in total. The van der Waals surface area contributed by atoms with Gasteiger partial charge >= 0.3 is 0 Å². The standard InChI is InChI=1S/C18H18N4S2.H3N/c1-3-21-13-9-5-7-11-15(13)23-17(21)19-20-18-22(4-2)14-10-6-8-12-16(14)24-18;/h5-12H,3-4H2,1-2H3;1H3. The second kappa shape index (κ2) is 7.35. The number of thiazole rings is 2. The van der Waals surface area contributed by atoms with E-state index in [0.717, 1.165) is 22.7 Å². The molecule has 0 amide bonds. The van der Waals surface area contributed by atoms with E-state index in [9.17, 15) is 0 Å². The second-order valence-electron chi connectivity index (χ2n) is 5.39. The minimum absolute atomic E-state index is 0. The van der Waals surface area contributed by atoms with E-state index in [1.54, 1.807) is 22.7 Å². The van der Waals surface area contributed by atoms with E-state index in [4.69, 9.17) is 0 Å². The van der Waals surface area contributed by atoms with Crippen LogP contribution in [0.5, 0.6) is 0 Å². The number of para-hydroxylation sites is 2. The average Bonchev–Trinajstić information content (AvgIpc) is 3.16. The molecule has 4 aromatic rings. The van der Waals surface area contributed by atoms with Crippen molar-refractivity contribution in [2.75, 3.05) is 0 Å². The minimum Gasteiger partial charge on any atom is -0.344 e. The van der Waals surface area contributed by atoms with Crippen LogP contribution in [0, 0.1) is 0 Å². The number of aromatic nitrogens is 2. The Hall–Kier alpha value is -2.22. The Morgan fingerprint density at radius 3 is 1.52 bits per heavy atom. The zero-order chi connectivity index (χ0) is 16.5. The first-order chi connectivity index (χ1) is 11.8. The van der Waals surface area contributed by atoms with Crippen molar-refractivity contribution >= 4 is 43.1 Å². The number of benzene rings is 2. The van der Waals surface area contributed by atoms with Crippen molar-refractivity contribution in [3.05, 3.63) is 58.1 Å². The van der Waals surface area contributed by atoms with Gasteiger partial charge in [-0.1, -0.05) is 46.9 Å². The van der Waals surface area contributed by atoms with E-state index < -0.39 is 0 Å². The molecule has 0 saturated heterocycles. The molecule has 130 valence electrons. The van der Waals surface area contributed by atoms with Crippen molar-refractivity contribution in [3.8, 4) is 0 Å². The largest absolute Gasteiger partial charge is 0.344 e. The van der Waals surface area contributed by atoms with Gasteiger partial charge in [0.1, 0.15) is 0 Å². The van der Waals surface area contributed by atoms with Crippen molar-refractivity contribution in [1.82, 2.24) is 15.3 Å². The van der Waals surface area contributed by atoms with Gasteiger partial charge in [0.05, 0.1) is 20.4 Å². The molecule has 7 heteroatoms. The summed E-state index contributed by atoms with van der Waals surface area (Å²) < 4.78 is 6.92. The van der Waals surface area contributed by atoms with Gasteiger partial charge in [-0.25, -0.2) is 0 Å². The third-order valence-electron chi connectivity index (χ3n) is 4.03. The van der Waals surface area contributed by atoms with Crippen molar-refractivity contribution in [2.24, 2.45) is 10.2 Å². The summed E-state index contributed by atoms with van der Waals surface area (Å²) in [6, 6.07) is 16.8. The van der Waals surface area contributed by atoms with E-state index in [2.05, 4.69) is 81.7 Å². The first-order valence-electron chi connectivity index (χ1n) is 8.06. The molecule has 2 aromatic heterocycles. The molecule has 4 rings (SSSR count). The summed E-state index contributed by atoms with van der Waals surface area (Å²) in [6.45, 7) is 6.06. The maximum atomic E-state index is 4.58. The monoisotopic (exact) mass is 371 g/mol. The molecular weight excluding hydrogens is 350 g/mol. The lowest BCUT2D eigenvalue weighted by Crippen LogP contribution is -2.16. The Morgan fingerprint density at radius 2 is 1.12 bits per heavy atom. The van der Waals surface area contributed by atoms with Gasteiger partial charge in [0, 0.05) is 13.1 Å². The normalized spacial score (nSPS) is 12.9. The number of hydrogen-bond donors (Lipinski definition) is 1. The summed E-state index contributed by atoms with van der Waals surface area (Å²) in [7, 11) is 0. The van der Waals surface area contributed by atoms with Gasteiger partial charge in [0.15, 0.2) is 0 Å². The molecular formula is C18H21N5S2. The molecule has 0 bridgehead atoms. The van der Waals surface area contributed by atoms with Crippen LogP contribution in [0.4, 0.5) is 0 Å². The Balaban J connectivity index is 0.00000182. The zero-order valence-corrected chi connectivity index (χ0v) is 16.0. The van der Waals surface area contributed by atoms with Crippen LogP contribution < -0.4 is 15.8 Å². The number of rotatable bonds is 3. The van der Waals surface area contributed by atoms with Crippen LogP contribution in [0.3, 0.4) is 0 Å². The zero-order valence-electron chi connectivity index (χ0n) is 14.3. The van der Waals surface area contributed by atoms with Crippen molar-refractivity contribution in [2.45, 2.75) is 26.9 Å². The lowest BCUT2D eigenvalue weighted by Gasteiger charge is -1.99. The highest BCUT2D eigenvalue weighted by molar-refractivity contribution is 7.16. The van der Waals surface area contributed by atoms with Crippen LogP contribution in [0.1, 0.15) is 13.8 Å². The molecule has 2 heterocycles. The maximum absolute atomic E-state index is 4.58. The molecule has 25 heavy (non-hydrogen) atoms. The summed E-state index contributed by atoms with van der Waals surface area (Å²) in [4.78, 5) is 1.89. The molecule has 0 radical (unpaired) electrons. The van der Waals surface area contributed by atoms with E-state index in [1.807, 2.05) is 0 Å². The first kappa shape index (κ1) is 17.6.